The fraction of sp³-hybridized carbons (Fsp3) is 0.243. The van der Waals surface area contributed by atoms with Crippen LogP contribution in [-0.4, -0.2) is 52.4 Å². The van der Waals surface area contributed by atoms with Crippen LogP contribution in [0.15, 0.2) is 114 Å². The molecule has 2 aliphatic heterocycles. The molecule has 232 valence electrons. The number of piperidine rings is 1. The maximum absolute atomic E-state index is 13.3. The third kappa shape index (κ3) is 5.34. The zero-order valence-electron chi connectivity index (χ0n) is 25.7. The van der Waals surface area contributed by atoms with Crippen molar-refractivity contribution in [2.24, 2.45) is 0 Å². The third-order valence-electron chi connectivity index (χ3n) is 9.83. The minimum absolute atomic E-state index is 0.253. The van der Waals surface area contributed by atoms with Gasteiger partial charge in [0.25, 0.3) is 10.0 Å². The van der Waals surface area contributed by atoms with Crippen LogP contribution in [0.1, 0.15) is 31.2 Å². The summed E-state index contributed by atoms with van der Waals surface area (Å²) < 4.78 is 27.8. The molecule has 0 aliphatic carbocycles. The quantitative estimate of drug-likeness (QED) is 0.189. The monoisotopic (exact) mass is 628 g/mol. The van der Waals surface area contributed by atoms with Gasteiger partial charge in [0.1, 0.15) is 12.1 Å². The van der Waals surface area contributed by atoms with Gasteiger partial charge in [0.15, 0.2) is 0 Å². The number of nitrogens with zero attached hydrogens (tertiary/aromatic N) is 4. The SMILES string of the molecule is CN1C2CCC1CC(NCc1ccc(-c3ccc4ncnc(Nc5ccc6c(ccn6S(=O)(=O)c6ccccc6)c5)c4c3)cc1)C2. The lowest BCUT2D eigenvalue weighted by molar-refractivity contribution is 0.148. The highest BCUT2D eigenvalue weighted by Gasteiger charge is 2.38. The van der Waals surface area contributed by atoms with Crippen molar-refractivity contribution < 1.29 is 8.42 Å². The first-order valence-electron chi connectivity index (χ1n) is 15.9. The van der Waals surface area contributed by atoms with Crippen LogP contribution in [0.5, 0.6) is 0 Å². The van der Waals surface area contributed by atoms with Crippen LogP contribution in [0.4, 0.5) is 11.5 Å². The maximum atomic E-state index is 13.3. The van der Waals surface area contributed by atoms with Crippen LogP contribution in [0, 0.1) is 0 Å². The van der Waals surface area contributed by atoms with E-state index < -0.39 is 10.0 Å². The average Bonchev–Trinajstić information content (AvgIpc) is 3.59. The first-order chi connectivity index (χ1) is 22.4. The summed E-state index contributed by atoms with van der Waals surface area (Å²) in [5.41, 5.74) is 5.79. The predicted octanol–water partition coefficient (Wildman–Crippen LogP) is 6.95. The zero-order chi connectivity index (χ0) is 31.3. The summed E-state index contributed by atoms with van der Waals surface area (Å²) in [4.78, 5) is 11.9. The fourth-order valence-electron chi connectivity index (χ4n) is 7.24. The number of fused-ring (bicyclic) bond motifs is 4. The van der Waals surface area contributed by atoms with E-state index in [2.05, 4.69) is 68.9 Å². The molecule has 9 heteroatoms. The van der Waals surface area contributed by atoms with E-state index in [0.29, 0.717) is 17.4 Å². The second kappa shape index (κ2) is 11.7. The molecule has 2 N–H and O–H groups in total. The Hall–Kier alpha value is -4.57. The lowest BCUT2D eigenvalue weighted by Gasteiger charge is -2.36. The van der Waals surface area contributed by atoms with Crippen LogP contribution in [0.3, 0.4) is 0 Å². The Morgan fingerprint density at radius 1 is 0.826 bits per heavy atom. The molecule has 2 fully saturated rings. The summed E-state index contributed by atoms with van der Waals surface area (Å²) in [6.07, 6.45) is 8.33. The standard InChI is InChI=1S/C37H36N6O2S/c1-42-31-13-14-32(42)22-30(21-31)38-23-25-7-9-26(10-8-25)27-11-15-35-34(20-27)37(40-24-39-35)41-29-12-16-36-28(19-29)17-18-43(36)46(44,45)33-5-3-2-4-6-33/h2-12,15-20,24,30-32,38H,13-14,21-23H2,1H3,(H,39,40,41). The number of anilines is 2. The van der Waals surface area contributed by atoms with E-state index in [-0.39, 0.29) is 4.90 Å². The molecule has 2 saturated heterocycles. The minimum atomic E-state index is -3.70. The van der Waals surface area contributed by atoms with Crippen molar-refractivity contribution >= 4 is 43.3 Å². The molecular formula is C37H36N6O2S. The van der Waals surface area contributed by atoms with E-state index in [1.807, 2.05) is 30.3 Å². The molecule has 0 radical (unpaired) electrons. The minimum Gasteiger partial charge on any atom is -0.340 e. The average molecular weight is 629 g/mol. The van der Waals surface area contributed by atoms with Gasteiger partial charge in [0.2, 0.25) is 0 Å². The van der Waals surface area contributed by atoms with Crippen molar-refractivity contribution in [2.45, 2.75) is 55.2 Å². The Balaban J connectivity index is 1.00. The molecule has 2 bridgehead atoms. The Morgan fingerprint density at radius 3 is 2.37 bits per heavy atom. The van der Waals surface area contributed by atoms with Crippen LogP contribution >= 0.6 is 0 Å². The molecule has 4 heterocycles. The highest BCUT2D eigenvalue weighted by atomic mass is 32.2. The molecule has 0 amide bonds. The van der Waals surface area contributed by atoms with E-state index in [1.165, 1.54) is 35.2 Å². The third-order valence-corrected chi connectivity index (χ3v) is 11.5. The van der Waals surface area contributed by atoms with Crippen LogP contribution in [-0.2, 0) is 16.6 Å². The van der Waals surface area contributed by atoms with Crippen molar-refractivity contribution in [1.82, 2.24) is 24.2 Å². The van der Waals surface area contributed by atoms with E-state index >= 15 is 0 Å². The summed E-state index contributed by atoms with van der Waals surface area (Å²) in [6.45, 7) is 0.889. The molecule has 4 aromatic carbocycles. The highest BCUT2D eigenvalue weighted by molar-refractivity contribution is 7.90. The van der Waals surface area contributed by atoms with Gasteiger partial charge in [0, 0.05) is 47.3 Å². The molecule has 0 saturated carbocycles. The summed E-state index contributed by atoms with van der Waals surface area (Å²) in [6, 6.07) is 33.1. The molecule has 2 aliphatic rings. The normalized spacial score (nSPS) is 20.0. The second-order valence-electron chi connectivity index (χ2n) is 12.6. The molecule has 6 aromatic rings. The van der Waals surface area contributed by atoms with Gasteiger partial charge in [-0.05, 0) is 98.0 Å². The van der Waals surface area contributed by atoms with Crippen molar-refractivity contribution in [3.8, 4) is 11.1 Å². The highest BCUT2D eigenvalue weighted by Crippen LogP contribution is 2.35. The molecule has 8 nitrogen and oxygen atoms in total. The summed E-state index contributed by atoms with van der Waals surface area (Å²) in [5, 5.41) is 8.98. The lowest BCUT2D eigenvalue weighted by atomic mass is 9.97. The van der Waals surface area contributed by atoms with Crippen molar-refractivity contribution in [3.05, 3.63) is 115 Å². The number of hydrogen-bond donors (Lipinski definition) is 2. The van der Waals surface area contributed by atoms with Gasteiger partial charge in [0.05, 0.1) is 15.9 Å². The maximum Gasteiger partial charge on any atom is 0.268 e. The van der Waals surface area contributed by atoms with E-state index in [1.54, 1.807) is 42.9 Å². The van der Waals surface area contributed by atoms with E-state index in [0.717, 1.165) is 51.7 Å². The molecule has 46 heavy (non-hydrogen) atoms. The Labute approximate surface area is 269 Å². The summed E-state index contributed by atoms with van der Waals surface area (Å²) in [7, 11) is -1.41. The summed E-state index contributed by atoms with van der Waals surface area (Å²) >= 11 is 0. The number of hydrogen-bond acceptors (Lipinski definition) is 7. The Bertz CT molecular complexity index is 2130. The zero-order valence-corrected chi connectivity index (χ0v) is 26.5. The van der Waals surface area contributed by atoms with Gasteiger partial charge in [-0.3, -0.25) is 0 Å². The van der Waals surface area contributed by atoms with Crippen molar-refractivity contribution in [2.75, 3.05) is 12.4 Å². The van der Waals surface area contributed by atoms with Crippen LogP contribution in [0.25, 0.3) is 32.9 Å². The molecular weight excluding hydrogens is 593 g/mol. The number of aromatic nitrogens is 3. The fourth-order valence-corrected chi connectivity index (χ4v) is 8.61. The predicted molar refractivity (Wildman–Crippen MR) is 184 cm³/mol. The molecule has 0 spiro atoms. The smallest absolute Gasteiger partial charge is 0.268 e. The van der Waals surface area contributed by atoms with Gasteiger partial charge in [-0.1, -0.05) is 48.5 Å². The molecule has 8 rings (SSSR count). The van der Waals surface area contributed by atoms with E-state index in [9.17, 15) is 8.42 Å². The topological polar surface area (TPSA) is 92.2 Å². The second-order valence-corrected chi connectivity index (χ2v) is 14.4. The number of nitrogens with one attached hydrogen (secondary N) is 2. The summed E-state index contributed by atoms with van der Waals surface area (Å²) in [5.74, 6) is 0.690. The Morgan fingerprint density at radius 2 is 1.59 bits per heavy atom. The van der Waals surface area contributed by atoms with Crippen LogP contribution < -0.4 is 10.6 Å². The molecule has 2 aromatic heterocycles. The molecule has 2 atom stereocenters. The van der Waals surface area contributed by atoms with Crippen molar-refractivity contribution in [3.63, 3.8) is 0 Å². The first kappa shape index (κ1) is 28.9. The van der Waals surface area contributed by atoms with Gasteiger partial charge in [-0.25, -0.2) is 22.4 Å². The number of rotatable bonds is 8. The largest absolute Gasteiger partial charge is 0.340 e. The van der Waals surface area contributed by atoms with Gasteiger partial charge in [-0.2, -0.15) is 0 Å². The lowest BCUT2D eigenvalue weighted by Crippen LogP contribution is -2.46. The van der Waals surface area contributed by atoms with Crippen molar-refractivity contribution in [1.29, 1.82) is 0 Å². The number of benzene rings is 4. The van der Waals surface area contributed by atoms with Gasteiger partial charge >= 0.3 is 0 Å². The first-order valence-corrected chi connectivity index (χ1v) is 17.3. The molecule has 2 unspecified atom stereocenters. The van der Waals surface area contributed by atoms with Crippen LogP contribution in [0.2, 0.25) is 0 Å². The van der Waals surface area contributed by atoms with E-state index in [4.69, 9.17) is 0 Å². The van der Waals surface area contributed by atoms with Gasteiger partial charge < -0.3 is 15.5 Å². The van der Waals surface area contributed by atoms with Gasteiger partial charge in [-0.15, -0.1) is 0 Å². The Kier molecular flexibility index (Phi) is 7.32.